The van der Waals surface area contributed by atoms with E-state index in [1.165, 1.54) is 5.56 Å². The highest BCUT2D eigenvalue weighted by molar-refractivity contribution is 5.30. The predicted molar refractivity (Wildman–Crippen MR) is 72.1 cm³/mol. The highest BCUT2D eigenvalue weighted by Gasteiger charge is 2.09. The molecule has 1 aromatic rings. The summed E-state index contributed by atoms with van der Waals surface area (Å²) in [5.74, 6) is 3.61. The van der Waals surface area contributed by atoms with E-state index in [1.54, 1.807) is 0 Å². The Morgan fingerprint density at radius 2 is 2.29 bits per heavy atom. The van der Waals surface area contributed by atoms with Gasteiger partial charge < -0.3 is 10.1 Å². The van der Waals surface area contributed by atoms with Gasteiger partial charge in [0.05, 0.1) is 6.61 Å². The van der Waals surface area contributed by atoms with E-state index in [4.69, 9.17) is 11.2 Å². The van der Waals surface area contributed by atoms with Crippen LogP contribution in [0.15, 0.2) is 24.3 Å². The summed E-state index contributed by atoms with van der Waals surface area (Å²) >= 11 is 0. The van der Waals surface area contributed by atoms with Crippen LogP contribution in [0.2, 0.25) is 0 Å². The van der Waals surface area contributed by atoms with Crippen LogP contribution in [0, 0.1) is 12.3 Å². The van der Waals surface area contributed by atoms with Gasteiger partial charge in [0.25, 0.3) is 0 Å². The second-order valence-corrected chi connectivity index (χ2v) is 3.94. The summed E-state index contributed by atoms with van der Waals surface area (Å²) < 4.78 is 5.51. The van der Waals surface area contributed by atoms with Crippen molar-refractivity contribution < 1.29 is 4.74 Å². The van der Waals surface area contributed by atoms with Gasteiger partial charge in [0.2, 0.25) is 0 Å². The molecule has 92 valence electrons. The number of ether oxygens (including phenoxy) is 1. The van der Waals surface area contributed by atoms with Gasteiger partial charge in [-0.2, -0.15) is 0 Å². The summed E-state index contributed by atoms with van der Waals surface area (Å²) in [4.78, 5) is 0. The standard InChI is InChI=1S/C15H21NO/c1-4-6-7-11-15(16-3)13-9-8-10-14(12-13)17-5-2/h1,8-10,12,15-16H,5-7,11H2,2-3H3. The van der Waals surface area contributed by atoms with E-state index >= 15 is 0 Å². The van der Waals surface area contributed by atoms with E-state index in [1.807, 2.05) is 26.1 Å². The monoisotopic (exact) mass is 231 g/mol. The molecule has 1 unspecified atom stereocenters. The van der Waals surface area contributed by atoms with Gasteiger partial charge in [-0.15, -0.1) is 12.3 Å². The predicted octanol–water partition coefficient (Wildman–Crippen LogP) is 3.15. The van der Waals surface area contributed by atoms with Crippen LogP contribution in [-0.4, -0.2) is 13.7 Å². The number of benzene rings is 1. The second-order valence-electron chi connectivity index (χ2n) is 3.94. The lowest BCUT2D eigenvalue weighted by molar-refractivity contribution is 0.339. The third kappa shape index (κ3) is 4.50. The summed E-state index contributed by atoms with van der Waals surface area (Å²) in [6.45, 7) is 2.69. The first kappa shape index (κ1) is 13.6. The summed E-state index contributed by atoms with van der Waals surface area (Å²) in [5, 5.41) is 3.32. The highest BCUT2D eigenvalue weighted by Crippen LogP contribution is 2.23. The van der Waals surface area contributed by atoms with Gasteiger partial charge in [-0.05, 0) is 44.5 Å². The third-order valence-electron chi connectivity index (χ3n) is 2.73. The number of hydrogen-bond acceptors (Lipinski definition) is 2. The van der Waals surface area contributed by atoms with Gasteiger partial charge in [-0.1, -0.05) is 12.1 Å². The quantitative estimate of drug-likeness (QED) is 0.575. The molecule has 0 bridgehead atoms. The average Bonchev–Trinajstić information content (AvgIpc) is 2.35. The number of nitrogens with one attached hydrogen (secondary N) is 1. The maximum Gasteiger partial charge on any atom is 0.119 e. The van der Waals surface area contributed by atoms with E-state index in [0.717, 1.165) is 25.0 Å². The van der Waals surface area contributed by atoms with Crippen molar-refractivity contribution >= 4 is 0 Å². The molecule has 0 amide bonds. The van der Waals surface area contributed by atoms with E-state index in [9.17, 15) is 0 Å². The second kappa shape index (κ2) is 7.76. The Bertz CT molecular complexity index is 367. The summed E-state index contributed by atoms with van der Waals surface area (Å²) in [7, 11) is 1.98. The fourth-order valence-corrected chi connectivity index (χ4v) is 1.87. The van der Waals surface area contributed by atoms with Crippen LogP contribution in [0.1, 0.15) is 37.8 Å². The first-order valence-corrected chi connectivity index (χ1v) is 6.15. The smallest absolute Gasteiger partial charge is 0.119 e. The molecule has 0 radical (unpaired) electrons. The summed E-state index contributed by atoms with van der Waals surface area (Å²) in [6, 6.07) is 8.59. The van der Waals surface area contributed by atoms with Crippen LogP contribution in [0.3, 0.4) is 0 Å². The molecule has 0 spiro atoms. The van der Waals surface area contributed by atoms with Gasteiger partial charge in [-0.25, -0.2) is 0 Å². The fraction of sp³-hybridized carbons (Fsp3) is 0.467. The minimum absolute atomic E-state index is 0.351. The highest BCUT2D eigenvalue weighted by atomic mass is 16.5. The molecule has 1 rings (SSSR count). The van der Waals surface area contributed by atoms with Gasteiger partial charge in [0, 0.05) is 12.5 Å². The Labute approximate surface area is 104 Å². The summed E-state index contributed by atoms with van der Waals surface area (Å²) in [5.41, 5.74) is 1.26. The minimum Gasteiger partial charge on any atom is -0.494 e. The first-order chi connectivity index (χ1) is 8.31. The van der Waals surface area contributed by atoms with Crippen molar-refractivity contribution in [2.24, 2.45) is 0 Å². The average molecular weight is 231 g/mol. The molecule has 1 N–H and O–H groups in total. The van der Waals surface area contributed by atoms with Crippen LogP contribution >= 0.6 is 0 Å². The molecule has 2 heteroatoms. The zero-order chi connectivity index (χ0) is 12.5. The van der Waals surface area contributed by atoms with Crippen LogP contribution in [0.25, 0.3) is 0 Å². The maximum absolute atomic E-state index is 5.51. The van der Waals surface area contributed by atoms with Crippen molar-refractivity contribution in [3.8, 4) is 18.1 Å². The van der Waals surface area contributed by atoms with Crippen molar-refractivity contribution in [1.82, 2.24) is 5.32 Å². The van der Waals surface area contributed by atoms with Gasteiger partial charge in [-0.3, -0.25) is 0 Å². The largest absolute Gasteiger partial charge is 0.494 e. The zero-order valence-corrected chi connectivity index (χ0v) is 10.7. The van der Waals surface area contributed by atoms with E-state index < -0.39 is 0 Å². The molecule has 1 aromatic carbocycles. The Kier molecular flexibility index (Phi) is 6.21. The van der Waals surface area contributed by atoms with Crippen LogP contribution in [-0.2, 0) is 0 Å². The number of hydrogen-bond donors (Lipinski definition) is 1. The lowest BCUT2D eigenvalue weighted by atomic mass is 10.0. The molecule has 0 aliphatic rings. The lowest BCUT2D eigenvalue weighted by Gasteiger charge is -2.17. The maximum atomic E-state index is 5.51. The van der Waals surface area contributed by atoms with E-state index in [2.05, 4.69) is 23.4 Å². The van der Waals surface area contributed by atoms with Crippen molar-refractivity contribution in [2.75, 3.05) is 13.7 Å². The molecule has 17 heavy (non-hydrogen) atoms. The van der Waals surface area contributed by atoms with Crippen molar-refractivity contribution in [3.05, 3.63) is 29.8 Å². The van der Waals surface area contributed by atoms with Crippen molar-refractivity contribution in [1.29, 1.82) is 0 Å². The molecule has 0 saturated heterocycles. The SMILES string of the molecule is C#CCCCC(NC)c1cccc(OCC)c1. The Morgan fingerprint density at radius 3 is 2.94 bits per heavy atom. The fourth-order valence-electron chi connectivity index (χ4n) is 1.87. The molecule has 0 saturated carbocycles. The van der Waals surface area contributed by atoms with E-state index in [-0.39, 0.29) is 0 Å². The number of unbranched alkanes of at least 4 members (excludes halogenated alkanes) is 1. The third-order valence-corrected chi connectivity index (χ3v) is 2.73. The van der Waals surface area contributed by atoms with Crippen LogP contribution in [0.4, 0.5) is 0 Å². The molecular weight excluding hydrogens is 210 g/mol. The molecule has 0 aliphatic carbocycles. The number of terminal acetylenes is 1. The molecule has 0 fully saturated rings. The molecular formula is C15H21NO. The Hall–Kier alpha value is -1.46. The lowest BCUT2D eigenvalue weighted by Crippen LogP contribution is -2.16. The molecule has 2 nitrogen and oxygen atoms in total. The normalized spacial score (nSPS) is 11.8. The van der Waals surface area contributed by atoms with Gasteiger partial charge >= 0.3 is 0 Å². The Balaban J connectivity index is 2.67. The topological polar surface area (TPSA) is 21.3 Å². The molecule has 0 aromatic heterocycles. The molecule has 0 heterocycles. The molecule has 0 aliphatic heterocycles. The van der Waals surface area contributed by atoms with Crippen molar-refractivity contribution in [2.45, 2.75) is 32.2 Å². The van der Waals surface area contributed by atoms with Crippen LogP contribution < -0.4 is 10.1 Å². The van der Waals surface area contributed by atoms with Gasteiger partial charge in [0.1, 0.15) is 5.75 Å². The number of rotatable bonds is 7. The summed E-state index contributed by atoms with van der Waals surface area (Å²) in [6.07, 6.45) is 8.20. The Morgan fingerprint density at radius 1 is 1.47 bits per heavy atom. The van der Waals surface area contributed by atoms with Crippen LogP contribution in [0.5, 0.6) is 5.75 Å². The van der Waals surface area contributed by atoms with Gasteiger partial charge in [0.15, 0.2) is 0 Å². The minimum atomic E-state index is 0.351. The van der Waals surface area contributed by atoms with E-state index in [0.29, 0.717) is 12.6 Å². The van der Waals surface area contributed by atoms with Crippen molar-refractivity contribution in [3.63, 3.8) is 0 Å². The zero-order valence-electron chi connectivity index (χ0n) is 10.7. The first-order valence-electron chi connectivity index (χ1n) is 6.15. The molecule has 1 atom stereocenters.